The van der Waals surface area contributed by atoms with Crippen molar-refractivity contribution in [2.24, 2.45) is 0 Å². The maximum atomic E-state index is 12.7. The fraction of sp³-hybridized carbons (Fsp3) is 0.0909. The minimum absolute atomic E-state index is 0.171. The first-order valence-corrected chi connectivity index (χ1v) is 12.3. The third-order valence-corrected chi connectivity index (χ3v) is 8.42. The Balaban J connectivity index is 1.39. The molecule has 150 valence electrons. The van der Waals surface area contributed by atoms with Gasteiger partial charge in [0.2, 0.25) is 0 Å². The van der Waals surface area contributed by atoms with Gasteiger partial charge in [-0.3, -0.25) is 4.79 Å². The normalized spacial score (nSPS) is 14.0. The van der Waals surface area contributed by atoms with Gasteiger partial charge >= 0.3 is 0 Å². The van der Waals surface area contributed by atoms with Crippen molar-refractivity contribution < 1.29 is 4.79 Å². The molecule has 0 N–H and O–H groups in total. The lowest BCUT2D eigenvalue weighted by Crippen LogP contribution is -2.14. The van der Waals surface area contributed by atoms with Crippen LogP contribution in [0.3, 0.4) is 0 Å². The van der Waals surface area contributed by atoms with E-state index >= 15 is 0 Å². The molecule has 4 aromatic rings. The van der Waals surface area contributed by atoms with E-state index in [0.717, 1.165) is 22.2 Å². The molecule has 30 heavy (non-hydrogen) atoms. The minimum Gasteiger partial charge on any atom is -0.326 e. The van der Waals surface area contributed by atoms with Gasteiger partial charge in [0.25, 0.3) is 5.91 Å². The zero-order chi connectivity index (χ0) is 20.7. The van der Waals surface area contributed by atoms with Crippen LogP contribution in [0, 0.1) is 0 Å². The fourth-order valence-electron chi connectivity index (χ4n) is 3.25. The summed E-state index contributed by atoms with van der Waals surface area (Å²) in [5.41, 5.74) is 2.53. The highest BCUT2D eigenvalue weighted by atomic mass is 35.5. The number of benzene rings is 1. The van der Waals surface area contributed by atoms with Crippen molar-refractivity contribution in [1.29, 1.82) is 0 Å². The quantitative estimate of drug-likeness (QED) is 0.325. The van der Waals surface area contributed by atoms with Gasteiger partial charge in [0.15, 0.2) is 0 Å². The SMILES string of the molecule is CC1=C(c2ccn(C(=O)c3ccc(Cl)cc3)n2)SCN1c1ccc(-c2cccs2)s1. The number of allylic oxidation sites excluding steroid dienone is 1. The number of halogens is 1. The van der Waals surface area contributed by atoms with E-state index in [-0.39, 0.29) is 5.91 Å². The van der Waals surface area contributed by atoms with E-state index in [9.17, 15) is 4.79 Å². The summed E-state index contributed by atoms with van der Waals surface area (Å²) in [6.07, 6.45) is 1.72. The number of hydrogen-bond acceptors (Lipinski definition) is 6. The third-order valence-electron chi connectivity index (χ3n) is 4.81. The van der Waals surface area contributed by atoms with Crippen LogP contribution in [-0.2, 0) is 0 Å². The molecule has 0 atom stereocenters. The molecule has 1 aliphatic rings. The fourth-order valence-corrected chi connectivity index (χ4v) is 6.51. The minimum atomic E-state index is -0.171. The van der Waals surface area contributed by atoms with Gasteiger partial charge in [0.1, 0.15) is 5.69 Å². The highest BCUT2D eigenvalue weighted by molar-refractivity contribution is 8.08. The van der Waals surface area contributed by atoms with Gasteiger partial charge < -0.3 is 4.90 Å². The molecule has 0 amide bonds. The van der Waals surface area contributed by atoms with Crippen molar-refractivity contribution >= 4 is 61.8 Å². The summed E-state index contributed by atoms with van der Waals surface area (Å²) in [4.78, 5) is 18.7. The van der Waals surface area contributed by atoms with Crippen molar-refractivity contribution in [3.05, 3.63) is 88.2 Å². The average molecular weight is 470 g/mol. The second-order valence-electron chi connectivity index (χ2n) is 6.69. The van der Waals surface area contributed by atoms with Crippen LogP contribution in [-0.4, -0.2) is 21.6 Å². The molecule has 0 saturated heterocycles. The number of rotatable bonds is 4. The van der Waals surface area contributed by atoms with E-state index in [2.05, 4.69) is 46.6 Å². The third kappa shape index (κ3) is 3.63. The molecular weight excluding hydrogens is 454 g/mol. The first-order valence-electron chi connectivity index (χ1n) is 9.21. The predicted molar refractivity (Wildman–Crippen MR) is 129 cm³/mol. The van der Waals surface area contributed by atoms with Gasteiger partial charge in [-0.05, 0) is 60.8 Å². The number of anilines is 1. The maximum absolute atomic E-state index is 12.7. The monoisotopic (exact) mass is 469 g/mol. The molecule has 0 fully saturated rings. The van der Waals surface area contributed by atoms with Gasteiger partial charge in [0.05, 0.1) is 15.8 Å². The second kappa shape index (κ2) is 8.07. The second-order valence-corrected chi connectivity index (χ2v) is 10.1. The largest absolute Gasteiger partial charge is 0.326 e. The molecule has 1 aliphatic heterocycles. The summed E-state index contributed by atoms with van der Waals surface area (Å²) in [5.74, 6) is 0.665. The van der Waals surface area contributed by atoms with Gasteiger partial charge in [-0.1, -0.05) is 29.4 Å². The molecule has 0 saturated carbocycles. The van der Waals surface area contributed by atoms with Gasteiger partial charge in [-0.15, -0.1) is 22.7 Å². The maximum Gasteiger partial charge on any atom is 0.278 e. The summed E-state index contributed by atoms with van der Waals surface area (Å²) >= 11 is 11.2. The first kappa shape index (κ1) is 19.6. The number of carbonyl (C=O) groups is 1. The highest BCUT2D eigenvalue weighted by Crippen LogP contribution is 2.44. The lowest BCUT2D eigenvalue weighted by molar-refractivity contribution is 0.0945. The molecule has 0 aliphatic carbocycles. The summed E-state index contributed by atoms with van der Waals surface area (Å²) in [6.45, 7) is 2.11. The highest BCUT2D eigenvalue weighted by Gasteiger charge is 2.25. The van der Waals surface area contributed by atoms with E-state index in [1.54, 1.807) is 64.9 Å². The number of nitrogens with zero attached hydrogens (tertiary/aromatic N) is 3. The van der Waals surface area contributed by atoms with Crippen molar-refractivity contribution in [2.45, 2.75) is 6.92 Å². The Morgan fingerprint density at radius 3 is 2.67 bits per heavy atom. The zero-order valence-corrected chi connectivity index (χ0v) is 19.1. The Labute approximate surface area is 191 Å². The number of thiophene rings is 2. The average Bonchev–Trinajstić information content (AvgIpc) is 3.53. The van der Waals surface area contributed by atoms with E-state index in [4.69, 9.17) is 11.6 Å². The number of thioether (sulfide) groups is 1. The smallest absolute Gasteiger partial charge is 0.278 e. The molecule has 0 radical (unpaired) electrons. The number of aromatic nitrogens is 2. The molecular formula is C22H16ClN3OS3. The summed E-state index contributed by atoms with van der Waals surface area (Å²) in [6, 6.07) is 17.3. The van der Waals surface area contributed by atoms with Crippen LogP contribution in [0.5, 0.6) is 0 Å². The van der Waals surface area contributed by atoms with Gasteiger partial charge in [0, 0.05) is 32.2 Å². The molecule has 0 spiro atoms. The number of hydrogen-bond donors (Lipinski definition) is 0. The first-order chi connectivity index (χ1) is 14.6. The Kier molecular flexibility index (Phi) is 5.28. The van der Waals surface area contributed by atoms with Crippen LogP contribution in [0.1, 0.15) is 23.0 Å². The Hall–Kier alpha value is -2.32. The van der Waals surface area contributed by atoms with E-state index in [0.29, 0.717) is 10.6 Å². The molecule has 0 unspecified atom stereocenters. The Morgan fingerprint density at radius 2 is 1.90 bits per heavy atom. The molecule has 1 aromatic carbocycles. The van der Waals surface area contributed by atoms with Crippen LogP contribution in [0.25, 0.3) is 14.7 Å². The molecule has 4 nitrogen and oxygen atoms in total. The van der Waals surface area contributed by atoms with Crippen molar-refractivity contribution in [3.63, 3.8) is 0 Å². The van der Waals surface area contributed by atoms with Crippen molar-refractivity contribution in [1.82, 2.24) is 9.78 Å². The van der Waals surface area contributed by atoms with Gasteiger partial charge in [-0.2, -0.15) is 5.10 Å². The topological polar surface area (TPSA) is 38.1 Å². The Bertz CT molecular complexity index is 1240. The molecule has 4 heterocycles. The van der Waals surface area contributed by atoms with Crippen molar-refractivity contribution in [2.75, 3.05) is 10.8 Å². The molecule has 0 bridgehead atoms. The van der Waals surface area contributed by atoms with Crippen LogP contribution in [0.4, 0.5) is 5.00 Å². The van der Waals surface area contributed by atoms with Crippen LogP contribution in [0.2, 0.25) is 5.02 Å². The van der Waals surface area contributed by atoms with Crippen LogP contribution < -0.4 is 4.90 Å². The lowest BCUT2D eigenvalue weighted by atomic mass is 10.2. The van der Waals surface area contributed by atoms with Crippen molar-refractivity contribution in [3.8, 4) is 9.75 Å². The van der Waals surface area contributed by atoms with Crippen LogP contribution >= 0.6 is 46.0 Å². The van der Waals surface area contributed by atoms with E-state index in [1.807, 2.05) is 6.07 Å². The summed E-state index contributed by atoms with van der Waals surface area (Å²) < 4.78 is 1.39. The van der Waals surface area contributed by atoms with Gasteiger partial charge in [-0.25, -0.2) is 4.68 Å². The molecule has 5 rings (SSSR count). The van der Waals surface area contributed by atoms with Crippen LogP contribution in [0.15, 0.2) is 71.9 Å². The van der Waals surface area contributed by atoms with E-state index < -0.39 is 0 Å². The molecule has 3 aromatic heterocycles. The molecule has 8 heteroatoms. The Morgan fingerprint density at radius 1 is 1.07 bits per heavy atom. The van der Waals surface area contributed by atoms with E-state index in [1.165, 1.54) is 19.4 Å². The summed E-state index contributed by atoms with van der Waals surface area (Å²) in [5, 5.41) is 8.47. The number of carbonyl (C=O) groups excluding carboxylic acids is 1. The standard InChI is InChI=1S/C22H16ClN3OS3/c1-14-21(17-10-11-26(24-17)22(27)15-4-6-16(23)7-5-15)29-13-25(14)20-9-8-19(30-20)18-3-2-12-28-18/h2-12H,13H2,1H3. The predicted octanol–water partition coefficient (Wildman–Crippen LogP) is 6.91. The summed E-state index contributed by atoms with van der Waals surface area (Å²) in [7, 11) is 0. The zero-order valence-electron chi connectivity index (χ0n) is 15.9. The lowest BCUT2D eigenvalue weighted by Gasteiger charge is -2.16.